The number of likely N-dealkylation sites (N-methyl/N-ethyl adjacent to an activating group) is 1. The van der Waals surface area contributed by atoms with Crippen LogP contribution < -0.4 is 26.0 Å². The SMILES string of the molecule is CN/C=C\C(=N)C(=O)NCCNc1cc(-c2cccc(OCC(O)CNC)c2)nc2c1cnn2C(C)C. The summed E-state index contributed by atoms with van der Waals surface area (Å²) in [7, 11) is 3.48. The normalized spacial score (nSPS) is 12.2. The van der Waals surface area contributed by atoms with Crippen LogP contribution >= 0.6 is 0 Å². The Hall–Kier alpha value is -3.96. The second kappa shape index (κ2) is 13.4. The van der Waals surface area contributed by atoms with Crippen molar-refractivity contribution in [3.05, 3.63) is 48.8 Å². The predicted molar refractivity (Wildman–Crippen MR) is 146 cm³/mol. The molecule has 1 unspecified atom stereocenters. The molecule has 3 rings (SSSR count). The van der Waals surface area contributed by atoms with Gasteiger partial charge in [0.1, 0.15) is 24.2 Å². The molecule has 11 nitrogen and oxygen atoms in total. The lowest BCUT2D eigenvalue weighted by Gasteiger charge is -2.14. The number of rotatable bonds is 14. The quantitative estimate of drug-likeness (QED) is 0.143. The lowest BCUT2D eigenvalue weighted by Crippen LogP contribution is -2.33. The summed E-state index contributed by atoms with van der Waals surface area (Å²) >= 11 is 0. The van der Waals surface area contributed by atoms with Gasteiger partial charge in [-0.25, -0.2) is 9.67 Å². The number of amides is 1. The highest BCUT2D eigenvalue weighted by Gasteiger charge is 2.15. The predicted octanol–water partition coefficient (Wildman–Crippen LogP) is 1.92. The molecule has 1 atom stereocenters. The monoisotopic (exact) mass is 508 g/mol. The van der Waals surface area contributed by atoms with Crippen LogP contribution in [0.1, 0.15) is 19.9 Å². The van der Waals surface area contributed by atoms with Gasteiger partial charge in [0.25, 0.3) is 5.91 Å². The molecule has 0 saturated heterocycles. The maximum Gasteiger partial charge on any atom is 0.269 e. The van der Waals surface area contributed by atoms with Crippen molar-refractivity contribution in [1.82, 2.24) is 30.7 Å². The molecule has 1 amide bonds. The number of hydrogen-bond acceptors (Lipinski definition) is 9. The van der Waals surface area contributed by atoms with Gasteiger partial charge in [0.15, 0.2) is 5.65 Å². The Morgan fingerprint density at radius 3 is 2.78 bits per heavy atom. The van der Waals surface area contributed by atoms with Crippen molar-refractivity contribution in [3.63, 3.8) is 0 Å². The van der Waals surface area contributed by atoms with Crippen molar-refractivity contribution in [3.8, 4) is 17.0 Å². The summed E-state index contributed by atoms with van der Waals surface area (Å²) in [4.78, 5) is 17.0. The minimum absolute atomic E-state index is 0.118. The fraction of sp³-hybridized carbons (Fsp3) is 0.385. The van der Waals surface area contributed by atoms with E-state index in [4.69, 9.17) is 15.1 Å². The topological polar surface area (TPSA) is 149 Å². The van der Waals surface area contributed by atoms with Gasteiger partial charge < -0.3 is 31.1 Å². The summed E-state index contributed by atoms with van der Waals surface area (Å²) in [5, 5.41) is 34.9. The summed E-state index contributed by atoms with van der Waals surface area (Å²) in [5.41, 5.74) is 3.05. The Morgan fingerprint density at radius 2 is 2.05 bits per heavy atom. The van der Waals surface area contributed by atoms with E-state index in [2.05, 4.69) is 26.4 Å². The Kier molecular flexibility index (Phi) is 9.99. The summed E-state index contributed by atoms with van der Waals surface area (Å²) in [6, 6.07) is 9.65. The van der Waals surface area contributed by atoms with Crippen LogP contribution in [-0.4, -0.2) is 77.9 Å². The van der Waals surface area contributed by atoms with Crippen LogP contribution in [0.4, 0.5) is 5.69 Å². The minimum Gasteiger partial charge on any atom is -0.491 e. The number of ether oxygens (including phenoxy) is 1. The van der Waals surface area contributed by atoms with E-state index in [1.807, 2.05) is 48.9 Å². The van der Waals surface area contributed by atoms with Gasteiger partial charge in [-0.1, -0.05) is 12.1 Å². The molecule has 6 N–H and O–H groups in total. The third-order valence-corrected chi connectivity index (χ3v) is 5.46. The van der Waals surface area contributed by atoms with Crippen LogP contribution in [0.5, 0.6) is 5.75 Å². The molecule has 0 radical (unpaired) electrons. The smallest absolute Gasteiger partial charge is 0.269 e. The van der Waals surface area contributed by atoms with Crippen molar-refractivity contribution in [2.45, 2.75) is 26.0 Å². The Morgan fingerprint density at radius 1 is 1.24 bits per heavy atom. The Labute approximate surface area is 216 Å². The van der Waals surface area contributed by atoms with E-state index in [9.17, 15) is 9.90 Å². The van der Waals surface area contributed by atoms with Crippen LogP contribution in [0.2, 0.25) is 0 Å². The van der Waals surface area contributed by atoms with Crippen molar-refractivity contribution >= 4 is 28.3 Å². The highest BCUT2D eigenvalue weighted by Crippen LogP contribution is 2.31. The molecule has 2 heterocycles. The molecule has 0 saturated carbocycles. The molecule has 37 heavy (non-hydrogen) atoms. The first kappa shape index (κ1) is 27.6. The van der Waals surface area contributed by atoms with Gasteiger partial charge in [0.05, 0.1) is 17.3 Å². The largest absolute Gasteiger partial charge is 0.491 e. The number of aliphatic hydroxyl groups is 1. The summed E-state index contributed by atoms with van der Waals surface area (Å²) in [5.74, 6) is 0.192. The average molecular weight is 509 g/mol. The molecule has 0 aliphatic carbocycles. The molecular weight excluding hydrogens is 472 g/mol. The molecule has 198 valence electrons. The minimum atomic E-state index is -0.608. The number of fused-ring (bicyclic) bond motifs is 1. The molecule has 0 aliphatic rings. The molecule has 0 aliphatic heterocycles. The molecule has 0 spiro atoms. The first-order chi connectivity index (χ1) is 17.8. The highest BCUT2D eigenvalue weighted by molar-refractivity contribution is 6.42. The third kappa shape index (κ3) is 7.51. The van der Waals surface area contributed by atoms with E-state index in [1.54, 1.807) is 20.3 Å². The van der Waals surface area contributed by atoms with Crippen LogP contribution in [0.3, 0.4) is 0 Å². The molecule has 11 heteroatoms. The van der Waals surface area contributed by atoms with Gasteiger partial charge in [-0.05, 0) is 51.4 Å². The van der Waals surface area contributed by atoms with Gasteiger partial charge in [0, 0.05) is 44.0 Å². The number of aromatic nitrogens is 3. The number of pyridine rings is 1. The van der Waals surface area contributed by atoms with Crippen LogP contribution in [0.15, 0.2) is 48.8 Å². The van der Waals surface area contributed by atoms with E-state index in [0.717, 1.165) is 28.0 Å². The van der Waals surface area contributed by atoms with Crippen LogP contribution in [0.25, 0.3) is 22.3 Å². The highest BCUT2D eigenvalue weighted by atomic mass is 16.5. The fourth-order valence-corrected chi connectivity index (χ4v) is 3.63. The number of benzene rings is 1. The first-order valence-corrected chi connectivity index (χ1v) is 12.2. The van der Waals surface area contributed by atoms with Gasteiger partial charge in [-0.2, -0.15) is 5.10 Å². The zero-order chi connectivity index (χ0) is 26.8. The van der Waals surface area contributed by atoms with Crippen LogP contribution in [0, 0.1) is 5.41 Å². The number of carbonyl (C=O) groups is 1. The number of nitrogens with zero attached hydrogens (tertiary/aromatic N) is 3. The van der Waals surface area contributed by atoms with Crippen molar-refractivity contribution in [2.75, 3.05) is 45.7 Å². The van der Waals surface area contributed by atoms with Crippen molar-refractivity contribution in [1.29, 1.82) is 5.41 Å². The number of hydrogen-bond donors (Lipinski definition) is 6. The number of nitrogens with one attached hydrogen (secondary N) is 5. The fourth-order valence-electron chi connectivity index (χ4n) is 3.63. The number of anilines is 1. The summed E-state index contributed by atoms with van der Waals surface area (Å²) in [6.45, 7) is 5.51. The van der Waals surface area contributed by atoms with E-state index < -0.39 is 12.0 Å². The molecule has 3 aromatic rings. The number of aliphatic hydroxyl groups excluding tert-OH is 1. The van der Waals surface area contributed by atoms with E-state index in [0.29, 0.717) is 25.4 Å². The zero-order valence-electron chi connectivity index (χ0n) is 21.7. The maximum atomic E-state index is 12.1. The van der Waals surface area contributed by atoms with Crippen molar-refractivity contribution < 1.29 is 14.6 Å². The van der Waals surface area contributed by atoms with E-state index in [1.165, 1.54) is 12.3 Å². The third-order valence-electron chi connectivity index (χ3n) is 5.46. The van der Waals surface area contributed by atoms with Crippen molar-refractivity contribution in [2.24, 2.45) is 0 Å². The molecule has 0 fully saturated rings. The molecular formula is C26H36N8O3. The summed E-state index contributed by atoms with van der Waals surface area (Å²) in [6.07, 6.45) is 4.12. The lowest BCUT2D eigenvalue weighted by atomic mass is 10.1. The first-order valence-electron chi connectivity index (χ1n) is 12.2. The maximum absolute atomic E-state index is 12.1. The van der Waals surface area contributed by atoms with Gasteiger partial charge in [-0.15, -0.1) is 0 Å². The van der Waals surface area contributed by atoms with E-state index in [-0.39, 0.29) is 18.4 Å². The second-order valence-corrected chi connectivity index (χ2v) is 8.74. The lowest BCUT2D eigenvalue weighted by molar-refractivity contribution is -0.114. The summed E-state index contributed by atoms with van der Waals surface area (Å²) < 4.78 is 7.65. The Balaban J connectivity index is 1.81. The Bertz CT molecular complexity index is 1240. The number of carbonyl (C=O) groups excluding carboxylic acids is 1. The standard InChI is InChI=1S/C26H36N8O3/c1-17(2)34-25-21(15-32-34)24(30-10-11-31-26(36)22(27)8-9-28-3)13-23(33-25)18-6-5-7-20(12-18)37-16-19(35)14-29-4/h5-9,12-13,15,17,19,27-29,35H,10-11,14,16H2,1-4H3,(H,30,33)(H,31,36)/b9-8-,27-22?. The van der Waals surface area contributed by atoms with Gasteiger partial charge in [-0.3, -0.25) is 10.2 Å². The van der Waals surface area contributed by atoms with Gasteiger partial charge >= 0.3 is 0 Å². The molecule has 2 aromatic heterocycles. The molecule has 0 bridgehead atoms. The second-order valence-electron chi connectivity index (χ2n) is 8.74. The zero-order valence-corrected chi connectivity index (χ0v) is 21.7. The molecule has 1 aromatic carbocycles. The van der Waals surface area contributed by atoms with Gasteiger partial charge in [0.2, 0.25) is 0 Å². The van der Waals surface area contributed by atoms with E-state index >= 15 is 0 Å². The average Bonchev–Trinajstić information content (AvgIpc) is 3.33. The van der Waals surface area contributed by atoms with Crippen LogP contribution in [-0.2, 0) is 4.79 Å².